The van der Waals surface area contributed by atoms with Gasteiger partial charge in [-0.15, -0.1) is 45.3 Å². The average Bonchev–Trinajstić information content (AvgIpc) is 3.76. The van der Waals surface area contributed by atoms with Crippen LogP contribution in [0.5, 0.6) is 0 Å². The topological polar surface area (TPSA) is 0 Å². The van der Waals surface area contributed by atoms with Gasteiger partial charge in [-0.2, -0.15) is 0 Å². The largest absolute Gasteiger partial charge is 0.141 e. The maximum absolute atomic E-state index is 2.39. The van der Waals surface area contributed by atoms with Crippen LogP contribution in [-0.4, -0.2) is 0 Å². The highest BCUT2D eigenvalue weighted by Gasteiger charge is 2.25. The molecule has 4 heterocycles. The molecule has 0 bridgehead atoms. The minimum atomic E-state index is 0.228. The summed E-state index contributed by atoms with van der Waals surface area (Å²) in [5, 5.41) is 0. The number of hydrogen-bond acceptors (Lipinski definition) is 4. The zero-order valence-corrected chi connectivity index (χ0v) is 27.6. The molecule has 6 rings (SSSR count). The fourth-order valence-electron chi connectivity index (χ4n) is 5.25. The Kier molecular flexibility index (Phi) is 8.20. The van der Waals surface area contributed by atoms with Crippen LogP contribution in [0.15, 0.2) is 97.1 Å². The van der Waals surface area contributed by atoms with Gasteiger partial charge in [-0.3, -0.25) is 0 Å². The van der Waals surface area contributed by atoms with E-state index in [2.05, 4.69) is 132 Å². The summed E-state index contributed by atoms with van der Waals surface area (Å²) in [6.07, 6.45) is 2.18. The van der Waals surface area contributed by atoms with E-state index in [4.69, 9.17) is 0 Å². The summed E-state index contributed by atoms with van der Waals surface area (Å²) in [6.45, 7) is 11.5. The van der Waals surface area contributed by atoms with Gasteiger partial charge in [-0.1, -0.05) is 69.3 Å². The lowest BCUT2D eigenvalue weighted by molar-refractivity contribution is 0.237. The molecule has 0 aliphatic heterocycles. The molecule has 41 heavy (non-hydrogen) atoms. The Bertz CT molecular complexity index is 1730. The first kappa shape index (κ1) is 28.4. The van der Waals surface area contributed by atoms with Crippen molar-refractivity contribution < 1.29 is 0 Å². The van der Waals surface area contributed by atoms with Crippen molar-refractivity contribution in [2.75, 3.05) is 0 Å². The summed E-state index contributed by atoms with van der Waals surface area (Å²) in [5.41, 5.74) is 5.71. The number of thiophene rings is 4. The van der Waals surface area contributed by atoms with Crippen LogP contribution in [-0.2, 0) is 12.8 Å². The first-order valence-electron chi connectivity index (χ1n) is 14.2. The SMILES string of the molecule is Cc1ccc(-c2ccc(CC(Cc3ccc(-c4ccc(-c5ccc(-c6ccc(C)s6)s5)s4)cc3)C(C)(C)C)cc2)s1. The molecule has 0 radical (unpaired) electrons. The summed E-state index contributed by atoms with van der Waals surface area (Å²) in [4.78, 5) is 10.8. The maximum Gasteiger partial charge on any atom is 0.0449 e. The Morgan fingerprint density at radius 1 is 0.439 bits per heavy atom. The molecule has 2 aromatic carbocycles. The van der Waals surface area contributed by atoms with Crippen LogP contribution in [0.3, 0.4) is 0 Å². The van der Waals surface area contributed by atoms with Gasteiger partial charge in [0, 0.05) is 39.0 Å². The van der Waals surface area contributed by atoms with Crippen molar-refractivity contribution in [3.8, 4) is 40.4 Å². The third-order valence-electron chi connectivity index (χ3n) is 7.84. The van der Waals surface area contributed by atoms with E-state index in [1.54, 1.807) is 0 Å². The van der Waals surface area contributed by atoms with E-state index in [1.165, 1.54) is 61.3 Å². The highest BCUT2D eigenvalue weighted by Crippen LogP contribution is 2.42. The third kappa shape index (κ3) is 6.67. The predicted octanol–water partition coefficient (Wildman–Crippen LogP) is 12.7. The summed E-state index contributed by atoms with van der Waals surface area (Å²) < 4.78 is 0. The van der Waals surface area contributed by atoms with E-state index in [-0.39, 0.29) is 5.41 Å². The van der Waals surface area contributed by atoms with Crippen LogP contribution < -0.4 is 0 Å². The fraction of sp³-hybridized carbons (Fsp3) is 0.243. The number of aryl methyl sites for hydroxylation is 2. The molecule has 0 amide bonds. The van der Waals surface area contributed by atoms with Crippen LogP contribution in [0.4, 0.5) is 0 Å². The lowest BCUT2D eigenvalue weighted by Gasteiger charge is -2.31. The molecular formula is C37H36S4. The van der Waals surface area contributed by atoms with Crippen molar-refractivity contribution in [1.29, 1.82) is 0 Å². The monoisotopic (exact) mass is 608 g/mol. The average molecular weight is 609 g/mol. The Morgan fingerprint density at radius 2 is 0.780 bits per heavy atom. The van der Waals surface area contributed by atoms with E-state index in [9.17, 15) is 0 Å². The minimum Gasteiger partial charge on any atom is -0.141 e. The van der Waals surface area contributed by atoms with Gasteiger partial charge in [0.25, 0.3) is 0 Å². The molecule has 0 spiro atoms. The van der Waals surface area contributed by atoms with E-state index >= 15 is 0 Å². The van der Waals surface area contributed by atoms with Gasteiger partial charge in [0.05, 0.1) is 0 Å². The number of rotatable bonds is 8. The summed E-state index contributed by atoms with van der Waals surface area (Å²) in [7, 11) is 0. The Hall–Kier alpha value is -2.76. The molecule has 0 aliphatic carbocycles. The van der Waals surface area contributed by atoms with Gasteiger partial charge in [0.1, 0.15) is 0 Å². The molecule has 4 heteroatoms. The summed E-state index contributed by atoms with van der Waals surface area (Å²) in [5.74, 6) is 0.566. The van der Waals surface area contributed by atoms with Crippen molar-refractivity contribution in [3.05, 3.63) is 118 Å². The van der Waals surface area contributed by atoms with Crippen molar-refractivity contribution in [2.24, 2.45) is 11.3 Å². The van der Waals surface area contributed by atoms with Crippen molar-refractivity contribution in [2.45, 2.75) is 47.5 Å². The quantitative estimate of drug-likeness (QED) is 0.161. The van der Waals surface area contributed by atoms with Gasteiger partial charge in [-0.25, -0.2) is 0 Å². The van der Waals surface area contributed by atoms with Gasteiger partial charge < -0.3 is 0 Å². The Morgan fingerprint density at radius 3 is 1.20 bits per heavy atom. The molecule has 0 fully saturated rings. The molecule has 0 saturated heterocycles. The lowest BCUT2D eigenvalue weighted by atomic mass is 9.74. The standard InChI is InChI=1S/C37H36S4/c1-24-6-16-31(38-24)28-12-8-26(9-13-28)22-30(37(3,4)5)23-27-10-14-29(15-11-27)32-18-19-35(40-32)36-21-20-34(41-36)33-17-7-25(2)39-33/h6-21,30H,22-23H2,1-5H3. The zero-order valence-electron chi connectivity index (χ0n) is 24.4. The van der Waals surface area contributed by atoms with Gasteiger partial charge >= 0.3 is 0 Å². The molecule has 1 unspecified atom stereocenters. The van der Waals surface area contributed by atoms with Crippen molar-refractivity contribution in [3.63, 3.8) is 0 Å². The van der Waals surface area contributed by atoms with Crippen LogP contribution >= 0.6 is 45.3 Å². The first-order chi connectivity index (χ1) is 19.7. The highest BCUT2D eigenvalue weighted by molar-refractivity contribution is 7.27. The van der Waals surface area contributed by atoms with E-state index in [0.717, 1.165) is 12.8 Å². The van der Waals surface area contributed by atoms with Crippen LogP contribution in [0.25, 0.3) is 40.4 Å². The van der Waals surface area contributed by atoms with Crippen molar-refractivity contribution >= 4 is 45.3 Å². The third-order valence-corrected chi connectivity index (χ3v) is 12.5. The van der Waals surface area contributed by atoms with Crippen LogP contribution in [0, 0.1) is 25.2 Å². The minimum absolute atomic E-state index is 0.228. The van der Waals surface area contributed by atoms with Gasteiger partial charge in [0.15, 0.2) is 0 Å². The van der Waals surface area contributed by atoms with Crippen LogP contribution in [0.2, 0.25) is 0 Å². The lowest BCUT2D eigenvalue weighted by Crippen LogP contribution is -2.25. The summed E-state index contributed by atoms with van der Waals surface area (Å²) in [6, 6.07) is 36.6. The van der Waals surface area contributed by atoms with Gasteiger partial charge in [-0.05, 0) is 109 Å². The molecule has 4 aromatic heterocycles. The molecule has 1 atom stereocenters. The Balaban J connectivity index is 1.13. The summed E-state index contributed by atoms with van der Waals surface area (Å²) >= 11 is 7.53. The number of hydrogen-bond donors (Lipinski definition) is 0. The van der Waals surface area contributed by atoms with Gasteiger partial charge in [0.2, 0.25) is 0 Å². The van der Waals surface area contributed by atoms with E-state index in [0.29, 0.717) is 5.92 Å². The smallest absolute Gasteiger partial charge is 0.0449 e. The molecule has 0 saturated carbocycles. The molecule has 6 aromatic rings. The van der Waals surface area contributed by atoms with E-state index in [1.807, 2.05) is 45.3 Å². The second kappa shape index (κ2) is 11.9. The molecule has 0 nitrogen and oxygen atoms in total. The normalized spacial score (nSPS) is 12.6. The second-order valence-electron chi connectivity index (χ2n) is 12.0. The fourth-order valence-corrected chi connectivity index (χ4v) is 9.19. The zero-order chi connectivity index (χ0) is 28.6. The van der Waals surface area contributed by atoms with Crippen LogP contribution in [0.1, 0.15) is 41.7 Å². The molecular weight excluding hydrogens is 573 g/mol. The highest BCUT2D eigenvalue weighted by atomic mass is 32.1. The van der Waals surface area contributed by atoms with E-state index < -0.39 is 0 Å². The second-order valence-corrected chi connectivity index (χ2v) is 16.8. The maximum atomic E-state index is 2.39. The molecule has 0 N–H and O–H groups in total. The predicted molar refractivity (Wildman–Crippen MR) is 186 cm³/mol. The van der Waals surface area contributed by atoms with Crippen molar-refractivity contribution in [1.82, 2.24) is 0 Å². The first-order valence-corrected chi connectivity index (χ1v) is 17.5. The molecule has 208 valence electrons. The Labute approximate surface area is 261 Å². The molecule has 0 aliphatic rings. The number of benzene rings is 2.